The van der Waals surface area contributed by atoms with Crippen LogP contribution in [-0.4, -0.2) is 50.3 Å². The monoisotopic (exact) mass is 480 g/mol. The first-order valence-electron chi connectivity index (χ1n) is 10.8. The quantitative estimate of drug-likeness (QED) is 0.323. The van der Waals surface area contributed by atoms with Gasteiger partial charge in [-0.1, -0.05) is 29.8 Å². The number of H-pyrrole nitrogens is 1. The van der Waals surface area contributed by atoms with Gasteiger partial charge < -0.3 is 20.3 Å². The first-order valence-corrected chi connectivity index (χ1v) is 11.1. The second-order valence-corrected chi connectivity index (χ2v) is 8.39. The number of halogens is 1. The Bertz CT molecular complexity index is 1360. The van der Waals surface area contributed by atoms with Crippen LogP contribution >= 0.6 is 11.6 Å². The summed E-state index contributed by atoms with van der Waals surface area (Å²) in [5, 5.41) is 24.0. The predicted octanol–water partition coefficient (Wildman–Crippen LogP) is 3.14. The van der Waals surface area contributed by atoms with Crippen LogP contribution in [0.1, 0.15) is 44.8 Å². The number of nitrogens with zero attached hydrogens (tertiary/aromatic N) is 3. The summed E-state index contributed by atoms with van der Waals surface area (Å²) in [6.45, 7) is 2.11. The molecule has 0 saturated carbocycles. The van der Waals surface area contributed by atoms with Crippen molar-refractivity contribution in [2.45, 2.75) is 19.4 Å². The number of nitrogens with one attached hydrogen (secondary N) is 3. The molecule has 4 aromatic rings. The van der Waals surface area contributed by atoms with Gasteiger partial charge in [0.1, 0.15) is 11.5 Å². The second-order valence-electron chi connectivity index (χ2n) is 7.95. The minimum absolute atomic E-state index is 0.271. The number of imidazole rings is 1. The number of benzene rings is 2. The van der Waals surface area contributed by atoms with Crippen molar-refractivity contribution in [3.8, 4) is 11.4 Å². The van der Waals surface area contributed by atoms with Crippen LogP contribution < -0.4 is 10.6 Å². The molecule has 34 heavy (non-hydrogen) atoms. The first kappa shape index (κ1) is 23.5. The maximum Gasteiger partial charge on any atom is 0.272 e. The number of fused-ring (bicyclic) bond motifs is 1. The van der Waals surface area contributed by atoms with E-state index in [1.807, 2.05) is 30.7 Å². The van der Waals surface area contributed by atoms with Crippen molar-refractivity contribution in [1.29, 1.82) is 0 Å². The zero-order chi connectivity index (χ0) is 24.4. The van der Waals surface area contributed by atoms with Crippen LogP contribution in [0.5, 0.6) is 0 Å². The van der Waals surface area contributed by atoms with Gasteiger partial charge in [0.25, 0.3) is 11.8 Å². The molecular formula is C24H25ClN6O3. The maximum atomic E-state index is 12.8. The molecule has 0 aliphatic carbocycles. The molecule has 9 nitrogen and oxygen atoms in total. The summed E-state index contributed by atoms with van der Waals surface area (Å²) in [7, 11) is 3.39. The van der Waals surface area contributed by atoms with E-state index in [9.17, 15) is 14.7 Å². The highest BCUT2D eigenvalue weighted by atomic mass is 35.5. The molecule has 0 spiro atoms. The molecule has 2 heterocycles. The summed E-state index contributed by atoms with van der Waals surface area (Å²) in [4.78, 5) is 29.3. The zero-order valence-corrected chi connectivity index (χ0v) is 19.8. The summed E-state index contributed by atoms with van der Waals surface area (Å²) in [5.74, 6) is 0.0287. The number of aromatic nitrogens is 4. The van der Waals surface area contributed by atoms with Gasteiger partial charge in [-0.3, -0.25) is 14.7 Å². The number of aromatic amines is 1. The molecule has 0 aliphatic heterocycles. The third kappa shape index (κ3) is 4.52. The minimum Gasteiger partial charge on any atom is -0.388 e. The highest BCUT2D eigenvalue weighted by Crippen LogP contribution is 2.26. The maximum absolute atomic E-state index is 12.8. The second kappa shape index (κ2) is 9.66. The molecule has 1 atom stereocenters. The third-order valence-electron chi connectivity index (χ3n) is 5.82. The number of carbonyl (C=O) groups is 2. The molecule has 0 saturated heterocycles. The molecular weight excluding hydrogens is 456 g/mol. The first-order chi connectivity index (χ1) is 16.3. The molecule has 0 bridgehead atoms. The molecule has 0 aliphatic rings. The van der Waals surface area contributed by atoms with Crippen LogP contribution in [0.3, 0.4) is 0 Å². The Morgan fingerprint density at radius 2 is 1.88 bits per heavy atom. The van der Waals surface area contributed by atoms with Gasteiger partial charge in [-0.25, -0.2) is 4.98 Å². The van der Waals surface area contributed by atoms with Gasteiger partial charge in [-0.05, 0) is 43.2 Å². The van der Waals surface area contributed by atoms with E-state index in [4.69, 9.17) is 11.6 Å². The highest BCUT2D eigenvalue weighted by molar-refractivity contribution is 6.30. The number of carbonyl (C=O) groups excluding carboxylic acids is 2. The molecule has 2 aromatic carbocycles. The van der Waals surface area contributed by atoms with Crippen molar-refractivity contribution in [3.05, 3.63) is 70.1 Å². The third-order valence-corrected chi connectivity index (χ3v) is 6.07. The Balaban J connectivity index is 1.48. The number of hydrogen-bond donors (Lipinski definition) is 4. The summed E-state index contributed by atoms with van der Waals surface area (Å²) in [6, 6.07) is 12.5. The topological polar surface area (TPSA) is 125 Å². The Morgan fingerprint density at radius 3 is 2.59 bits per heavy atom. The lowest BCUT2D eigenvalue weighted by atomic mass is 10.1. The van der Waals surface area contributed by atoms with Gasteiger partial charge in [0, 0.05) is 42.3 Å². The van der Waals surface area contributed by atoms with Crippen LogP contribution in [-0.2, 0) is 7.05 Å². The van der Waals surface area contributed by atoms with E-state index in [2.05, 4.69) is 25.8 Å². The van der Waals surface area contributed by atoms with E-state index >= 15 is 0 Å². The fourth-order valence-corrected chi connectivity index (χ4v) is 3.89. The molecule has 4 N–H and O–H groups in total. The molecule has 0 radical (unpaired) electrons. The number of amides is 2. The predicted molar refractivity (Wildman–Crippen MR) is 130 cm³/mol. The van der Waals surface area contributed by atoms with E-state index in [1.54, 1.807) is 37.4 Å². The molecule has 2 amide bonds. The van der Waals surface area contributed by atoms with Gasteiger partial charge in [-0.15, -0.1) is 0 Å². The molecule has 0 unspecified atom stereocenters. The highest BCUT2D eigenvalue weighted by Gasteiger charge is 2.20. The van der Waals surface area contributed by atoms with Gasteiger partial charge in [0.2, 0.25) is 0 Å². The minimum atomic E-state index is -0.709. The Kier molecular flexibility index (Phi) is 6.67. The van der Waals surface area contributed by atoms with E-state index in [1.165, 1.54) is 0 Å². The lowest BCUT2D eigenvalue weighted by Gasteiger charge is -2.11. The van der Waals surface area contributed by atoms with Gasteiger partial charge in [0.15, 0.2) is 5.69 Å². The van der Waals surface area contributed by atoms with Crippen molar-refractivity contribution in [3.63, 3.8) is 0 Å². The average molecular weight is 481 g/mol. The van der Waals surface area contributed by atoms with Crippen molar-refractivity contribution < 1.29 is 14.7 Å². The summed E-state index contributed by atoms with van der Waals surface area (Å²) >= 11 is 5.88. The zero-order valence-electron chi connectivity index (χ0n) is 19.0. The van der Waals surface area contributed by atoms with Crippen LogP contribution in [0, 0.1) is 6.92 Å². The summed E-state index contributed by atoms with van der Waals surface area (Å²) < 4.78 is 1.84. The number of aliphatic hydroxyl groups is 1. The van der Waals surface area contributed by atoms with E-state index in [0.29, 0.717) is 45.3 Å². The number of rotatable bonds is 7. The fourth-order valence-electron chi connectivity index (χ4n) is 3.76. The lowest BCUT2D eigenvalue weighted by Crippen LogP contribution is -2.26. The molecule has 0 fully saturated rings. The average Bonchev–Trinajstić information content (AvgIpc) is 3.39. The Labute approximate surface area is 201 Å². The normalized spacial score (nSPS) is 12.0. The van der Waals surface area contributed by atoms with E-state index < -0.39 is 6.10 Å². The summed E-state index contributed by atoms with van der Waals surface area (Å²) in [5.41, 5.74) is 3.56. The largest absolute Gasteiger partial charge is 0.388 e. The van der Waals surface area contributed by atoms with Crippen LogP contribution in [0.15, 0.2) is 42.5 Å². The molecule has 2 aromatic heterocycles. The standard InChI is InChI=1S/C24H25ClN6O3/c1-13-20(24(34)27-11-10-19(32)14-4-7-16(25)8-5-14)28-22(31(13)3)15-6-9-17-18(12-15)29-30-21(17)23(33)26-2/h4-9,12,19,32H,10-11H2,1-3H3,(H,26,33)(H,27,34)(H,29,30)/t19-/m0/s1. The van der Waals surface area contributed by atoms with Gasteiger partial charge in [0.05, 0.1) is 11.6 Å². The summed E-state index contributed by atoms with van der Waals surface area (Å²) in [6.07, 6.45) is -0.352. The lowest BCUT2D eigenvalue weighted by molar-refractivity contribution is 0.0934. The van der Waals surface area contributed by atoms with Crippen LogP contribution in [0.4, 0.5) is 0 Å². The fraction of sp³-hybridized carbons (Fsp3) is 0.250. The van der Waals surface area contributed by atoms with Crippen molar-refractivity contribution in [1.82, 2.24) is 30.4 Å². The number of aliphatic hydroxyl groups excluding tert-OH is 1. The Morgan fingerprint density at radius 1 is 1.15 bits per heavy atom. The smallest absolute Gasteiger partial charge is 0.272 e. The van der Waals surface area contributed by atoms with Crippen molar-refractivity contribution in [2.75, 3.05) is 13.6 Å². The van der Waals surface area contributed by atoms with E-state index in [-0.39, 0.29) is 18.4 Å². The van der Waals surface area contributed by atoms with Crippen molar-refractivity contribution in [2.24, 2.45) is 7.05 Å². The van der Waals surface area contributed by atoms with Gasteiger partial charge >= 0.3 is 0 Å². The molecule has 4 rings (SSSR count). The van der Waals surface area contributed by atoms with Crippen molar-refractivity contribution >= 4 is 34.3 Å². The Hall–Kier alpha value is -3.69. The molecule has 10 heteroatoms. The van der Waals surface area contributed by atoms with Crippen LogP contribution in [0.2, 0.25) is 5.02 Å². The van der Waals surface area contributed by atoms with Crippen LogP contribution in [0.25, 0.3) is 22.3 Å². The SMILES string of the molecule is CNC(=O)c1n[nH]c2cc(-c3nc(C(=O)NCC[C@H](O)c4ccc(Cl)cc4)c(C)n3C)ccc12. The molecule has 176 valence electrons. The number of hydrogen-bond acceptors (Lipinski definition) is 5. The van der Waals surface area contributed by atoms with Gasteiger partial charge in [-0.2, -0.15) is 5.10 Å². The van der Waals surface area contributed by atoms with E-state index in [0.717, 1.165) is 11.1 Å².